The van der Waals surface area contributed by atoms with Gasteiger partial charge in [0.15, 0.2) is 0 Å². The molecule has 0 aromatic carbocycles. The molecule has 0 aromatic heterocycles. The molecule has 16 heavy (non-hydrogen) atoms. The summed E-state index contributed by atoms with van der Waals surface area (Å²) in [5.41, 5.74) is -0.591. The number of methoxy groups -OCH3 is 1. The molecule has 1 N–H and O–H groups in total. The van der Waals surface area contributed by atoms with Crippen molar-refractivity contribution in [2.75, 3.05) is 27.2 Å². The van der Waals surface area contributed by atoms with Crippen LogP contribution in [-0.4, -0.2) is 49.7 Å². The second-order valence-corrected chi connectivity index (χ2v) is 4.48. The molecule has 96 valence electrons. The number of carbonyl (C=O) groups is 1. The minimum absolute atomic E-state index is 0.189. The van der Waals surface area contributed by atoms with Gasteiger partial charge in [0.25, 0.3) is 0 Å². The van der Waals surface area contributed by atoms with Crippen LogP contribution >= 0.6 is 0 Å². The van der Waals surface area contributed by atoms with Crippen LogP contribution in [0.15, 0.2) is 0 Å². The fourth-order valence-corrected chi connectivity index (χ4v) is 1.90. The van der Waals surface area contributed by atoms with E-state index in [0.29, 0.717) is 6.04 Å². The maximum Gasteiger partial charge on any atom is 0.325 e. The maximum atomic E-state index is 11.8. The van der Waals surface area contributed by atoms with Gasteiger partial charge in [-0.1, -0.05) is 13.8 Å². The van der Waals surface area contributed by atoms with Crippen molar-refractivity contribution in [2.45, 2.75) is 45.7 Å². The van der Waals surface area contributed by atoms with Crippen molar-refractivity contribution in [2.24, 2.45) is 0 Å². The Morgan fingerprint density at radius 3 is 2.44 bits per heavy atom. The highest BCUT2D eigenvalue weighted by Gasteiger charge is 2.35. The number of nitrogens with one attached hydrogen (secondary N) is 1. The van der Waals surface area contributed by atoms with E-state index in [1.54, 1.807) is 0 Å². The first kappa shape index (κ1) is 15.4. The molecule has 0 radical (unpaired) electrons. The van der Waals surface area contributed by atoms with Crippen LogP contribution < -0.4 is 5.32 Å². The number of rotatable bonds is 7. The summed E-state index contributed by atoms with van der Waals surface area (Å²) >= 11 is 0. The lowest BCUT2D eigenvalue weighted by molar-refractivity contribution is -0.148. The standard InChI is InChI=1S/C12H26N2O2/c1-7-13-12(4,11(15)16-6)9-10(3)14(5)8-2/h10,13H,7-9H2,1-6H3. The number of hydrogen-bond donors (Lipinski definition) is 1. The summed E-state index contributed by atoms with van der Waals surface area (Å²) in [6, 6.07) is 0.341. The van der Waals surface area contributed by atoms with Gasteiger partial charge in [0.1, 0.15) is 5.54 Å². The van der Waals surface area contributed by atoms with Crippen LogP contribution in [0.2, 0.25) is 0 Å². The quantitative estimate of drug-likeness (QED) is 0.669. The molecule has 0 bridgehead atoms. The Balaban J connectivity index is 4.60. The summed E-state index contributed by atoms with van der Waals surface area (Å²) < 4.78 is 4.86. The predicted octanol–water partition coefficient (Wildman–Crippen LogP) is 1.26. The van der Waals surface area contributed by atoms with Crippen LogP contribution in [0.1, 0.15) is 34.1 Å². The van der Waals surface area contributed by atoms with Crippen molar-refractivity contribution < 1.29 is 9.53 Å². The molecule has 0 spiro atoms. The van der Waals surface area contributed by atoms with E-state index in [1.165, 1.54) is 7.11 Å². The average molecular weight is 230 g/mol. The first-order valence-electron chi connectivity index (χ1n) is 5.95. The number of esters is 1. The number of ether oxygens (including phenoxy) is 1. The largest absolute Gasteiger partial charge is 0.468 e. The molecule has 2 atom stereocenters. The average Bonchev–Trinajstić information content (AvgIpc) is 2.26. The molecule has 0 aliphatic carbocycles. The Bertz CT molecular complexity index is 221. The van der Waals surface area contributed by atoms with Crippen molar-refractivity contribution in [1.29, 1.82) is 0 Å². The Morgan fingerprint density at radius 2 is 2.06 bits per heavy atom. The topological polar surface area (TPSA) is 41.6 Å². The number of carbonyl (C=O) groups excluding carboxylic acids is 1. The summed E-state index contributed by atoms with van der Waals surface area (Å²) in [6.07, 6.45) is 0.748. The third-order valence-corrected chi connectivity index (χ3v) is 3.16. The number of nitrogens with zero attached hydrogens (tertiary/aromatic N) is 1. The van der Waals surface area contributed by atoms with Crippen molar-refractivity contribution >= 4 is 5.97 Å². The Kier molecular flexibility index (Phi) is 6.60. The van der Waals surface area contributed by atoms with E-state index in [9.17, 15) is 4.79 Å². The van der Waals surface area contributed by atoms with Crippen LogP contribution in [0.4, 0.5) is 0 Å². The molecule has 2 unspecified atom stereocenters. The van der Waals surface area contributed by atoms with Gasteiger partial charge in [-0.05, 0) is 40.4 Å². The molecule has 4 nitrogen and oxygen atoms in total. The van der Waals surface area contributed by atoms with Crippen LogP contribution in [0, 0.1) is 0 Å². The zero-order chi connectivity index (χ0) is 12.8. The highest BCUT2D eigenvalue weighted by Crippen LogP contribution is 2.17. The molecule has 0 heterocycles. The van der Waals surface area contributed by atoms with E-state index >= 15 is 0 Å². The van der Waals surface area contributed by atoms with Gasteiger partial charge in [-0.25, -0.2) is 0 Å². The molecule has 0 saturated heterocycles. The Morgan fingerprint density at radius 1 is 1.50 bits per heavy atom. The molecule has 0 aliphatic rings. The maximum absolute atomic E-state index is 11.8. The van der Waals surface area contributed by atoms with Gasteiger partial charge in [-0.15, -0.1) is 0 Å². The van der Waals surface area contributed by atoms with E-state index in [-0.39, 0.29) is 5.97 Å². The smallest absolute Gasteiger partial charge is 0.325 e. The fourth-order valence-electron chi connectivity index (χ4n) is 1.90. The van der Waals surface area contributed by atoms with Crippen molar-refractivity contribution in [3.05, 3.63) is 0 Å². The Labute approximate surface area is 99.3 Å². The van der Waals surface area contributed by atoms with Crippen molar-refractivity contribution in [1.82, 2.24) is 10.2 Å². The van der Waals surface area contributed by atoms with Crippen LogP contribution in [0.5, 0.6) is 0 Å². The molecule has 0 saturated carbocycles. The number of likely N-dealkylation sites (N-methyl/N-ethyl adjacent to an activating group) is 1. The zero-order valence-electron chi connectivity index (χ0n) is 11.5. The van der Waals surface area contributed by atoms with E-state index in [2.05, 4.69) is 31.1 Å². The lowest BCUT2D eigenvalue weighted by atomic mass is 9.93. The molecular weight excluding hydrogens is 204 g/mol. The SMILES string of the molecule is CCNC(C)(CC(C)N(C)CC)C(=O)OC. The third kappa shape index (κ3) is 4.10. The van der Waals surface area contributed by atoms with E-state index in [4.69, 9.17) is 4.74 Å². The molecule has 0 rings (SSSR count). The van der Waals surface area contributed by atoms with Gasteiger partial charge >= 0.3 is 5.97 Å². The van der Waals surface area contributed by atoms with E-state index < -0.39 is 5.54 Å². The molecular formula is C12H26N2O2. The summed E-state index contributed by atoms with van der Waals surface area (Å²) in [6.45, 7) is 9.87. The van der Waals surface area contributed by atoms with Crippen molar-refractivity contribution in [3.63, 3.8) is 0 Å². The lowest BCUT2D eigenvalue weighted by Gasteiger charge is -2.33. The molecule has 0 fully saturated rings. The van der Waals surface area contributed by atoms with Crippen LogP contribution in [0.25, 0.3) is 0 Å². The van der Waals surface area contributed by atoms with Crippen LogP contribution in [-0.2, 0) is 9.53 Å². The zero-order valence-corrected chi connectivity index (χ0v) is 11.5. The first-order chi connectivity index (χ1) is 7.41. The van der Waals surface area contributed by atoms with Gasteiger partial charge in [0, 0.05) is 6.04 Å². The normalized spacial score (nSPS) is 16.9. The van der Waals surface area contributed by atoms with Crippen molar-refractivity contribution in [3.8, 4) is 0 Å². The van der Waals surface area contributed by atoms with E-state index in [1.807, 2.05) is 13.8 Å². The highest BCUT2D eigenvalue weighted by molar-refractivity contribution is 5.80. The molecule has 0 amide bonds. The van der Waals surface area contributed by atoms with E-state index in [0.717, 1.165) is 19.5 Å². The van der Waals surface area contributed by atoms with Crippen LogP contribution in [0.3, 0.4) is 0 Å². The molecule has 0 aliphatic heterocycles. The lowest BCUT2D eigenvalue weighted by Crippen LogP contribution is -2.53. The third-order valence-electron chi connectivity index (χ3n) is 3.16. The van der Waals surface area contributed by atoms with Gasteiger partial charge in [0.05, 0.1) is 7.11 Å². The number of hydrogen-bond acceptors (Lipinski definition) is 4. The van der Waals surface area contributed by atoms with Gasteiger partial charge in [0.2, 0.25) is 0 Å². The summed E-state index contributed by atoms with van der Waals surface area (Å²) in [5, 5.41) is 3.22. The second kappa shape index (κ2) is 6.86. The summed E-state index contributed by atoms with van der Waals surface area (Å²) in [5.74, 6) is -0.189. The Hall–Kier alpha value is -0.610. The monoisotopic (exact) mass is 230 g/mol. The fraction of sp³-hybridized carbons (Fsp3) is 0.917. The predicted molar refractivity (Wildman–Crippen MR) is 66.5 cm³/mol. The minimum atomic E-state index is -0.591. The van der Waals surface area contributed by atoms with Gasteiger partial charge < -0.3 is 15.0 Å². The first-order valence-corrected chi connectivity index (χ1v) is 5.95. The summed E-state index contributed by atoms with van der Waals surface area (Å²) in [4.78, 5) is 14.0. The molecule has 0 aromatic rings. The summed E-state index contributed by atoms with van der Waals surface area (Å²) in [7, 11) is 3.50. The molecule has 4 heteroatoms. The van der Waals surface area contributed by atoms with Gasteiger partial charge in [-0.3, -0.25) is 4.79 Å². The van der Waals surface area contributed by atoms with Gasteiger partial charge in [-0.2, -0.15) is 0 Å². The highest BCUT2D eigenvalue weighted by atomic mass is 16.5. The second-order valence-electron chi connectivity index (χ2n) is 4.48. The minimum Gasteiger partial charge on any atom is -0.468 e.